The van der Waals surface area contributed by atoms with E-state index >= 15 is 0 Å². The van der Waals surface area contributed by atoms with Crippen LogP contribution in [0.15, 0.2) is 96.2 Å². The summed E-state index contributed by atoms with van der Waals surface area (Å²) in [4.78, 5) is 6.33. The second-order valence-corrected chi connectivity index (χ2v) is 11.1. The van der Waals surface area contributed by atoms with Gasteiger partial charge in [0, 0.05) is 37.3 Å². The Hall–Kier alpha value is -3.30. The number of rotatable bonds is 8. The van der Waals surface area contributed by atoms with E-state index < -0.39 is 16.3 Å². The summed E-state index contributed by atoms with van der Waals surface area (Å²) in [5.74, 6) is 1.44. The van der Waals surface area contributed by atoms with E-state index in [0.29, 0.717) is 24.3 Å². The van der Waals surface area contributed by atoms with Gasteiger partial charge in [0.15, 0.2) is 0 Å². The second kappa shape index (κ2) is 13.7. The number of ether oxygens (including phenoxy) is 1. The molecule has 2 heterocycles. The molecular weight excluding hydrogens is 512 g/mol. The minimum absolute atomic E-state index is 0.0457. The first kappa shape index (κ1) is 28.7. The Morgan fingerprint density at radius 3 is 2.36 bits per heavy atom. The molecule has 0 aliphatic carbocycles. The number of pyridine rings is 1. The van der Waals surface area contributed by atoms with Crippen molar-refractivity contribution in [3.8, 4) is 5.75 Å². The minimum atomic E-state index is -4.13. The number of hydrogen-bond acceptors (Lipinski definition) is 6. The van der Waals surface area contributed by atoms with E-state index in [1.54, 1.807) is 30.3 Å². The number of aromatic nitrogens is 1. The Labute approximate surface area is 230 Å². The van der Waals surface area contributed by atoms with Crippen molar-refractivity contribution in [1.82, 2.24) is 9.88 Å². The molecule has 1 unspecified atom stereocenters. The third kappa shape index (κ3) is 8.10. The van der Waals surface area contributed by atoms with Crippen molar-refractivity contribution in [3.63, 3.8) is 0 Å². The average molecular weight is 549 g/mol. The van der Waals surface area contributed by atoms with Crippen molar-refractivity contribution >= 4 is 20.9 Å². The predicted octanol–water partition coefficient (Wildman–Crippen LogP) is 5.70. The maximum atomic E-state index is 11.0. The molecule has 8 heteroatoms. The SMILES string of the molecule is CCc1ccc(OCCC(O)N2CCC(c3cccnc3)CC2)cc1.O=S(=O)(O)c1cccc2ccccc12. The van der Waals surface area contributed by atoms with Crippen LogP contribution in [0.25, 0.3) is 10.8 Å². The molecule has 7 nitrogen and oxygen atoms in total. The lowest BCUT2D eigenvalue weighted by Crippen LogP contribution is -2.41. The highest BCUT2D eigenvalue weighted by molar-refractivity contribution is 7.86. The fourth-order valence-corrected chi connectivity index (χ4v) is 5.57. The monoisotopic (exact) mass is 548 g/mol. The van der Waals surface area contributed by atoms with Gasteiger partial charge in [0.25, 0.3) is 10.1 Å². The van der Waals surface area contributed by atoms with Crippen LogP contribution in [0.3, 0.4) is 0 Å². The summed E-state index contributed by atoms with van der Waals surface area (Å²) in [5, 5.41) is 11.8. The minimum Gasteiger partial charge on any atom is -0.493 e. The van der Waals surface area contributed by atoms with Crippen molar-refractivity contribution in [2.24, 2.45) is 0 Å². The van der Waals surface area contributed by atoms with E-state index in [-0.39, 0.29) is 4.90 Å². The molecule has 0 spiro atoms. The standard InChI is InChI=1S/C21H28N2O2.C10H8O3S/c1-2-17-5-7-20(8-6-17)25-15-11-21(24)23-13-9-18(10-14-23)19-4-3-12-22-16-19;11-14(12,13)10-7-3-5-8-4-1-2-6-9(8)10/h3-8,12,16,18,21,24H,2,9-11,13-15H2,1H3;1-7H,(H,11,12,13). The molecule has 1 aliphatic heterocycles. The van der Waals surface area contributed by atoms with E-state index in [4.69, 9.17) is 9.29 Å². The summed E-state index contributed by atoms with van der Waals surface area (Å²) >= 11 is 0. The number of benzene rings is 3. The number of likely N-dealkylation sites (tertiary alicyclic amines) is 1. The normalized spacial score (nSPS) is 15.4. The van der Waals surface area contributed by atoms with Gasteiger partial charge in [0.2, 0.25) is 0 Å². The zero-order chi connectivity index (χ0) is 27.7. The van der Waals surface area contributed by atoms with Gasteiger partial charge >= 0.3 is 0 Å². The molecule has 5 rings (SSSR count). The van der Waals surface area contributed by atoms with Crippen molar-refractivity contribution in [2.45, 2.75) is 49.6 Å². The lowest BCUT2D eigenvalue weighted by atomic mass is 9.90. The molecule has 4 aromatic rings. The zero-order valence-corrected chi connectivity index (χ0v) is 23.0. The van der Waals surface area contributed by atoms with Crippen molar-refractivity contribution in [2.75, 3.05) is 19.7 Å². The van der Waals surface area contributed by atoms with Gasteiger partial charge in [0.1, 0.15) is 16.9 Å². The molecule has 0 radical (unpaired) electrons. The topological polar surface area (TPSA) is 100.0 Å². The number of nitrogens with zero attached hydrogens (tertiary/aromatic N) is 2. The van der Waals surface area contributed by atoms with Crippen LogP contribution < -0.4 is 4.74 Å². The number of aliphatic hydroxyl groups excluding tert-OH is 1. The molecule has 3 aromatic carbocycles. The van der Waals surface area contributed by atoms with Gasteiger partial charge in [-0.05, 0) is 66.0 Å². The van der Waals surface area contributed by atoms with E-state index in [2.05, 4.69) is 35.0 Å². The Bertz CT molecular complexity index is 1420. The molecule has 1 atom stereocenters. The largest absolute Gasteiger partial charge is 0.493 e. The van der Waals surface area contributed by atoms with Gasteiger partial charge in [-0.3, -0.25) is 14.4 Å². The van der Waals surface area contributed by atoms with Crippen LogP contribution in [0.1, 0.15) is 43.2 Å². The predicted molar refractivity (Wildman–Crippen MR) is 153 cm³/mol. The highest BCUT2D eigenvalue weighted by Crippen LogP contribution is 2.28. The molecule has 0 saturated carbocycles. The molecule has 1 aromatic heterocycles. The number of aryl methyl sites for hydroxylation is 1. The summed E-state index contributed by atoms with van der Waals surface area (Å²) < 4.78 is 36.7. The highest BCUT2D eigenvalue weighted by atomic mass is 32.2. The molecular formula is C31H36N2O5S. The van der Waals surface area contributed by atoms with Crippen molar-refractivity contribution in [3.05, 3.63) is 102 Å². The Balaban J connectivity index is 0.000000212. The number of fused-ring (bicyclic) bond motifs is 1. The Kier molecular flexibility index (Phi) is 10.1. The van der Waals surface area contributed by atoms with Gasteiger partial charge in [-0.2, -0.15) is 8.42 Å². The van der Waals surface area contributed by atoms with Crippen molar-refractivity contribution < 1.29 is 22.8 Å². The number of piperidine rings is 1. The van der Waals surface area contributed by atoms with Crippen LogP contribution in [0.2, 0.25) is 0 Å². The number of aliphatic hydroxyl groups is 1. The smallest absolute Gasteiger partial charge is 0.295 e. The fraction of sp³-hybridized carbons (Fsp3) is 0.323. The highest BCUT2D eigenvalue weighted by Gasteiger charge is 2.24. The fourth-order valence-electron chi connectivity index (χ4n) is 4.86. The third-order valence-electron chi connectivity index (χ3n) is 7.11. The van der Waals surface area contributed by atoms with Crippen LogP contribution in [-0.4, -0.2) is 53.9 Å². The van der Waals surface area contributed by atoms with E-state index in [9.17, 15) is 13.5 Å². The van der Waals surface area contributed by atoms with Crippen LogP contribution in [0, 0.1) is 0 Å². The first-order valence-electron chi connectivity index (χ1n) is 13.3. The zero-order valence-electron chi connectivity index (χ0n) is 22.2. The summed E-state index contributed by atoms with van der Waals surface area (Å²) in [6.07, 6.45) is 7.17. The van der Waals surface area contributed by atoms with Gasteiger partial charge in [-0.1, -0.05) is 61.5 Å². The third-order valence-corrected chi connectivity index (χ3v) is 8.02. The average Bonchev–Trinajstić information content (AvgIpc) is 2.97. The van der Waals surface area contributed by atoms with Gasteiger partial charge in [-0.25, -0.2) is 0 Å². The summed E-state index contributed by atoms with van der Waals surface area (Å²) in [6.45, 7) is 4.52. The Morgan fingerprint density at radius 2 is 1.69 bits per heavy atom. The first-order valence-corrected chi connectivity index (χ1v) is 14.8. The van der Waals surface area contributed by atoms with Crippen molar-refractivity contribution in [1.29, 1.82) is 0 Å². The summed E-state index contributed by atoms with van der Waals surface area (Å²) in [7, 11) is -4.13. The summed E-state index contributed by atoms with van der Waals surface area (Å²) in [6, 6.07) is 24.1. The molecule has 206 valence electrons. The van der Waals surface area contributed by atoms with Crippen LogP contribution >= 0.6 is 0 Å². The molecule has 2 N–H and O–H groups in total. The van der Waals surface area contributed by atoms with Crippen LogP contribution in [-0.2, 0) is 16.5 Å². The lowest BCUT2D eigenvalue weighted by Gasteiger charge is -2.35. The lowest BCUT2D eigenvalue weighted by molar-refractivity contribution is -0.0235. The van der Waals surface area contributed by atoms with Gasteiger partial charge in [0.05, 0.1) is 6.61 Å². The van der Waals surface area contributed by atoms with E-state index in [1.165, 1.54) is 17.2 Å². The summed E-state index contributed by atoms with van der Waals surface area (Å²) in [5.41, 5.74) is 2.62. The quantitative estimate of drug-likeness (QED) is 0.273. The number of hydrogen-bond donors (Lipinski definition) is 2. The molecule has 1 aliphatic rings. The molecule has 0 amide bonds. The second-order valence-electron chi connectivity index (χ2n) is 9.66. The molecule has 1 saturated heterocycles. The maximum absolute atomic E-state index is 11.0. The molecule has 1 fully saturated rings. The van der Waals surface area contributed by atoms with E-state index in [0.717, 1.165) is 43.5 Å². The van der Waals surface area contributed by atoms with Crippen LogP contribution in [0.5, 0.6) is 5.75 Å². The van der Waals surface area contributed by atoms with Crippen LogP contribution in [0.4, 0.5) is 0 Å². The van der Waals surface area contributed by atoms with Gasteiger partial charge < -0.3 is 9.84 Å². The first-order chi connectivity index (χ1) is 18.8. The molecule has 39 heavy (non-hydrogen) atoms. The maximum Gasteiger partial charge on any atom is 0.295 e. The van der Waals surface area contributed by atoms with E-state index in [1.807, 2.05) is 36.7 Å². The molecule has 0 bridgehead atoms. The van der Waals surface area contributed by atoms with Gasteiger partial charge in [-0.15, -0.1) is 0 Å². The Morgan fingerprint density at radius 1 is 0.974 bits per heavy atom.